The molecule has 4 heteroatoms. The lowest BCUT2D eigenvalue weighted by molar-refractivity contribution is 0.306. The molecule has 0 radical (unpaired) electrons. The van der Waals surface area contributed by atoms with Crippen molar-refractivity contribution in [3.8, 4) is 5.75 Å². The molecule has 3 rings (SSSR count). The minimum Gasteiger partial charge on any atom is -0.487 e. The third kappa shape index (κ3) is 2.11. The van der Waals surface area contributed by atoms with Crippen LogP contribution < -0.4 is 4.74 Å². The average Bonchev–Trinajstić information content (AvgIpc) is 2.82. The Labute approximate surface area is 113 Å². The molecule has 0 aliphatic carbocycles. The van der Waals surface area contributed by atoms with Gasteiger partial charge in [0, 0.05) is 27.8 Å². The smallest absolute Gasteiger partial charge is 0.138 e. The number of aromatic nitrogens is 2. The summed E-state index contributed by atoms with van der Waals surface area (Å²) in [4.78, 5) is 7.27. The van der Waals surface area contributed by atoms with Crippen LogP contribution in [0.15, 0.2) is 53.4 Å². The van der Waals surface area contributed by atoms with Gasteiger partial charge in [-0.05, 0) is 34.1 Å². The first-order valence-electron chi connectivity index (χ1n) is 5.62. The molecule has 0 saturated carbocycles. The highest BCUT2D eigenvalue weighted by molar-refractivity contribution is 9.10. The fourth-order valence-corrected chi connectivity index (χ4v) is 2.37. The molecule has 0 aliphatic heterocycles. The van der Waals surface area contributed by atoms with Gasteiger partial charge in [0.2, 0.25) is 0 Å². The highest BCUT2D eigenvalue weighted by Crippen LogP contribution is 2.26. The van der Waals surface area contributed by atoms with Crippen molar-refractivity contribution in [1.29, 1.82) is 0 Å². The second-order valence-corrected chi connectivity index (χ2v) is 4.81. The van der Waals surface area contributed by atoms with E-state index in [1.165, 1.54) is 5.39 Å². The Morgan fingerprint density at radius 2 is 2.17 bits per heavy atom. The van der Waals surface area contributed by atoms with Crippen molar-refractivity contribution < 1.29 is 4.74 Å². The van der Waals surface area contributed by atoms with Gasteiger partial charge in [-0.3, -0.25) is 4.98 Å². The standard InChI is InChI=1S/C14H11BrN2O/c15-13-5-1-4-12-10(7-17-14(12)13)9-18-11-3-2-6-16-8-11/h1-8,17H,9H2. The van der Waals surface area contributed by atoms with E-state index in [4.69, 9.17) is 4.74 Å². The Bertz CT molecular complexity index is 664. The first-order chi connectivity index (χ1) is 8.84. The van der Waals surface area contributed by atoms with Gasteiger partial charge in [0.15, 0.2) is 0 Å². The number of ether oxygens (including phenoxy) is 1. The van der Waals surface area contributed by atoms with Gasteiger partial charge >= 0.3 is 0 Å². The van der Waals surface area contributed by atoms with Gasteiger partial charge in [0.25, 0.3) is 0 Å². The Morgan fingerprint density at radius 1 is 1.22 bits per heavy atom. The van der Waals surface area contributed by atoms with Crippen molar-refractivity contribution in [3.63, 3.8) is 0 Å². The summed E-state index contributed by atoms with van der Waals surface area (Å²) in [5, 5.41) is 1.17. The topological polar surface area (TPSA) is 37.9 Å². The Balaban J connectivity index is 1.85. The van der Waals surface area contributed by atoms with Crippen molar-refractivity contribution in [2.45, 2.75) is 6.61 Å². The molecule has 1 aromatic carbocycles. The number of hydrogen-bond donors (Lipinski definition) is 1. The summed E-state index contributed by atoms with van der Waals surface area (Å²) in [7, 11) is 0. The molecule has 18 heavy (non-hydrogen) atoms. The van der Waals surface area contributed by atoms with Crippen LogP contribution in [0.5, 0.6) is 5.75 Å². The number of H-pyrrole nitrogens is 1. The zero-order chi connectivity index (χ0) is 12.4. The lowest BCUT2D eigenvalue weighted by Crippen LogP contribution is -1.94. The van der Waals surface area contributed by atoms with Crippen LogP contribution in [0, 0.1) is 0 Å². The monoisotopic (exact) mass is 302 g/mol. The molecule has 0 aliphatic rings. The van der Waals surface area contributed by atoms with Gasteiger partial charge in [-0.2, -0.15) is 0 Å². The number of nitrogens with one attached hydrogen (secondary N) is 1. The maximum Gasteiger partial charge on any atom is 0.138 e. The van der Waals surface area contributed by atoms with E-state index in [9.17, 15) is 0 Å². The molecule has 0 amide bonds. The molecule has 0 fully saturated rings. The first-order valence-corrected chi connectivity index (χ1v) is 6.41. The van der Waals surface area contributed by atoms with Crippen molar-refractivity contribution in [2.24, 2.45) is 0 Å². The lowest BCUT2D eigenvalue weighted by atomic mass is 10.2. The normalized spacial score (nSPS) is 10.7. The SMILES string of the molecule is Brc1cccc2c(COc3cccnc3)c[nH]c12. The molecule has 0 unspecified atom stereocenters. The number of rotatable bonds is 3. The van der Waals surface area contributed by atoms with Crippen LogP contribution in [-0.2, 0) is 6.61 Å². The van der Waals surface area contributed by atoms with E-state index < -0.39 is 0 Å². The van der Waals surface area contributed by atoms with Crippen LogP contribution in [0.2, 0.25) is 0 Å². The third-order valence-electron chi connectivity index (χ3n) is 2.78. The van der Waals surface area contributed by atoms with Crippen molar-refractivity contribution in [3.05, 3.63) is 59.0 Å². The van der Waals surface area contributed by atoms with Gasteiger partial charge in [0.1, 0.15) is 12.4 Å². The zero-order valence-corrected chi connectivity index (χ0v) is 11.1. The number of aromatic amines is 1. The van der Waals surface area contributed by atoms with E-state index in [0.717, 1.165) is 21.3 Å². The zero-order valence-electron chi connectivity index (χ0n) is 9.56. The minimum absolute atomic E-state index is 0.530. The van der Waals surface area contributed by atoms with Gasteiger partial charge in [-0.25, -0.2) is 0 Å². The summed E-state index contributed by atoms with van der Waals surface area (Å²) in [5.74, 6) is 0.779. The predicted octanol–water partition coefficient (Wildman–Crippen LogP) is 3.90. The second-order valence-electron chi connectivity index (χ2n) is 3.95. The van der Waals surface area contributed by atoms with E-state index in [0.29, 0.717) is 6.61 Å². The first kappa shape index (κ1) is 11.3. The quantitative estimate of drug-likeness (QED) is 0.796. The number of pyridine rings is 1. The molecular formula is C14H11BrN2O. The van der Waals surface area contributed by atoms with Crippen LogP contribution >= 0.6 is 15.9 Å². The molecule has 2 aromatic heterocycles. The number of hydrogen-bond acceptors (Lipinski definition) is 2. The summed E-state index contributed by atoms with van der Waals surface area (Å²) < 4.78 is 6.76. The molecule has 1 N–H and O–H groups in total. The largest absolute Gasteiger partial charge is 0.487 e. The van der Waals surface area contributed by atoms with E-state index in [-0.39, 0.29) is 0 Å². The number of benzene rings is 1. The van der Waals surface area contributed by atoms with E-state index >= 15 is 0 Å². The minimum atomic E-state index is 0.530. The predicted molar refractivity (Wildman–Crippen MR) is 74.6 cm³/mol. The van der Waals surface area contributed by atoms with E-state index in [1.54, 1.807) is 12.4 Å². The molecule has 0 spiro atoms. The Kier molecular flexibility index (Phi) is 3.02. The highest BCUT2D eigenvalue weighted by Gasteiger charge is 2.06. The van der Waals surface area contributed by atoms with Gasteiger partial charge in [-0.15, -0.1) is 0 Å². The van der Waals surface area contributed by atoms with Crippen LogP contribution in [0.25, 0.3) is 10.9 Å². The summed E-state index contributed by atoms with van der Waals surface area (Å²) in [6.45, 7) is 0.530. The molecule has 3 nitrogen and oxygen atoms in total. The molecule has 90 valence electrons. The number of fused-ring (bicyclic) bond motifs is 1. The molecule has 2 heterocycles. The number of nitrogens with zero attached hydrogens (tertiary/aromatic N) is 1. The van der Waals surface area contributed by atoms with E-state index in [1.807, 2.05) is 30.5 Å². The summed E-state index contributed by atoms with van der Waals surface area (Å²) in [6.07, 6.45) is 5.42. The summed E-state index contributed by atoms with van der Waals surface area (Å²) in [6, 6.07) is 9.88. The van der Waals surface area contributed by atoms with Crippen LogP contribution in [0.3, 0.4) is 0 Å². The van der Waals surface area contributed by atoms with Gasteiger partial charge < -0.3 is 9.72 Å². The van der Waals surface area contributed by atoms with Crippen molar-refractivity contribution >= 4 is 26.8 Å². The van der Waals surface area contributed by atoms with Crippen LogP contribution in [0.4, 0.5) is 0 Å². The molecular weight excluding hydrogens is 292 g/mol. The maximum absolute atomic E-state index is 5.70. The van der Waals surface area contributed by atoms with Crippen LogP contribution in [0.1, 0.15) is 5.56 Å². The Morgan fingerprint density at radius 3 is 3.00 bits per heavy atom. The summed E-state index contributed by atoms with van der Waals surface area (Å²) >= 11 is 3.52. The van der Waals surface area contributed by atoms with Crippen molar-refractivity contribution in [2.75, 3.05) is 0 Å². The number of para-hydroxylation sites is 1. The Hall–Kier alpha value is -1.81. The molecule has 3 aromatic rings. The molecule has 0 atom stereocenters. The fourth-order valence-electron chi connectivity index (χ4n) is 1.89. The maximum atomic E-state index is 5.70. The molecule has 0 saturated heterocycles. The highest BCUT2D eigenvalue weighted by atomic mass is 79.9. The fraction of sp³-hybridized carbons (Fsp3) is 0.0714. The van der Waals surface area contributed by atoms with Crippen LogP contribution in [-0.4, -0.2) is 9.97 Å². The van der Waals surface area contributed by atoms with E-state index in [2.05, 4.69) is 32.0 Å². The third-order valence-corrected chi connectivity index (χ3v) is 3.44. The lowest BCUT2D eigenvalue weighted by Gasteiger charge is -2.04. The van der Waals surface area contributed by atoms with Crippen molar-refractivity contribution in [1.82, 2.24) is 9.97 Å². The summed E-state index contributed by atoms with van der Waals surface area (Å²) in [5.41, 5.74) is 2.23. The number of halogens is 1. The molecule has 0 bridgehead atoms. The average molecular weight is 303 g/mol. The van der Waals surface area contributed by atoms with Gasteiger partial charge in [-0.1, -0.05) is 12.1 Å². The second kappa shape index (κ2) is 4.82. The van der Waals surface area contributed by atoms with Gasteiger partial charge in [0.05, 0.1) is 11.7 Å².